The molecule has 0 bridgehead atoms. The number of nitrogens with one attached hydrogen (secondary N) is 5. The number of carbonyl (C=O) groups excluding carboxylic acids is 5. The van der Waals surface area contributed by atoms with Crippen LogP contribution >= 0.6 is 58.0 Å². The lowest BCUT2D eigenvalue weighted by molar-refractivity contribution is 0.194. The van der Waals surface area contributed by atoms with Gasteiger partial charge < -0.3 is 75.6 Å². The predicted octanol–water partition coefficient (Wildman–Crippen LogP) is 20.0. The van der Waals surface area contributed by atoms with Crippen molar-refractivity contribution < 1.29 is 121 Å². The van der Waals surface area contributed by atoms with Crippen LogP contribution in [0.1, 0.15) is 285 Å². The fraction of sp³-hybridized carbons (Fsp3) is 0.682. The molecule has 0 spiro atoms. The van der Waals surface area contributed by atoms with E-state index in [1.165, 1.54) is 85.5 Å². The molecule has 0 aromatic heterocycles. The molecule has 25 nitrogen and oxygen atoms in total. The van der Waals surface area contributed by atoms with Gasteiger partial charge in [0.25, 0.3) is 0 Å². The summed E-state index contributed by atoms with van der Waals surface area (Å²) in [6, 6.07) is 11.6. The summed E-state index contributed by atoms with van der Waals surface area (Å²) < 4.78 is 605. The lowest BCUT2D eigenvalue weighted by atomic mass is 9.84. The summed E-state index contributed by atoms with van der Waals surface area (Å²) in [6.45, 7) is -80.7. The van der Waals surface area contributed by atoms with Gasteiger partial charge in [0, 0.05) is 299 Å². The van der Waals surface area contributed by atoms with E-state index in [0.717, 1.165) is 46.2 Å². The molecule has 10 fully saturated rings. The van der Waals surface area contributed by atoms with Gasteiger partial charge in [0.15, 0.2) is 0 Å². The van der Waals surface area contributed by atoms with E-state index in [1.54, 1.807) is 58.4 Å². The Kier molecular flexibility index (Phi) is 20.7. The first-order chi connectivity index (χ1) is 94.2. The highest BCUT2D eigenvalue weighted by Gasteiger charge is 2.33. The molecule has 10 aliphatic rings. The van der Waals surface area contributed by atoms with E-state index in [9.17, 15) is 24.0 Å². The molecule has 140 heavy (non-hydrogen) atoms. The molecule has 5 aliphatic heterocycles. The highest BCUT2D eigenvalue weighted by molar-refractivity contribution is 6.35. The van der Waals surface area contributed by atoms with Gasteiger partial charge in [0.05, 0.1) is 82.3 Å². The Balaban J connectivity index is 0.000000241. The number of benzene rings is 5. The van der Waals surface area contributed by atoms with E-state index < -0.39 is 318 Å². The van der Waals surface area contributed by atoms with E-state index in [2.05, 4.69) is 21.3 Å². The number of carbonyl (C=O) groups is 5. The molecule has 5 aliphatic carbocycles. The molecule has 5 heterocycles. The maximum atomic E-state index is 12.4. The van der Waals surface area contributed by atoms with Crippen LogP contribution in [0, 0.1) is 64.2 Å². The zero-order valence-corrected chi connectivity index (χ0v) is 83.8. The average Bonchev–Trinajstić information content (AvgIpc) is 0.650. The largest absolute Gasteiger partial charge is 0.368 e. The van der Waals surface area contributed by atoms with Crippen molar-refractivity contribution in [1.82, 2.24) is 75.6 Å². The van der Waals surface area contributed by atoms with Gasteiger partial charge in [-0.15, -0.1) is 0 Å². The third-order valence-corrected chi connectivity index (χ3v) is 25.7. The van der Waals surface area contributed by atoms with Crippen LogP contribution in [0.2, 0.25) is 25.1 Å². The van der Waals surface area contributed by atoms with Gasteiger partial charge in [-0.05, 0) is 315 Å². The van der Waals surface area contributed by atoms with Crippen LogP contribution in [0.25, 0.3) is 0 Å². The number of halogens is 5. The number of amides is 10. The average molecular weight is 2110 g/mol. The third-order valence-electron chi connectivity index (χ3n) is 23.3. The van der Waals surface area contributed by atoms with Crippen molar-refractivity contribution in [3.05, 3.63) is 144 Å². The molecule has 5 N–H and O–H groups in total. The molecule has 780 valence electrons. The number of hydrogen-bond donors (Lipinski definition) is 5. The number of urea groups is 5. The first-order valence-electron chi connectivity index (χ1n) is 81.0. The number of anilines is 5. The molecule has 15 rings (SSSR count). The Morgan fingerprint density at radius 1 is 0.307 bits per heavy atom. The molecular weight excluding hydrogens is 1860 g/mol. The normalized spacial score (nSPS) is 41.6. The van der Waals surface area contributed by atoms with Crippen LogP contribution < -0.4 is 51.1 Å². The van der Waals surface area contributed by atoms with Crippen LogP contribution in [0.3, 0.4) is 0 Å². The predicted molar refractivity (Wildman–Crippen MR) is 587 cm³/mol. The Hall–Kier alpha value is -7.30. The number of piperazine rings is 5. The first-order valence-corrected chi connectivity index (χ1v) is 47.4. The molecule has 10 amide bonds. The van der Waals surface area contributed by atoms with E-state index in [1.807, 2.05) is 0 Å². The molecule has 5 saturated carbocycles. The lowest BCUT2D eigenvalue weighted by Crippen LogP contribution is -2.47. The number of rotatable bonds is 25. The Labute approximate surface area is 967 Å². The standard InChI is InChI=1S/5C22H35ClN4O/c5*1-17-5-4-6-20(21(17)23)27-15-13-26(14-16-27)12-11-18-7-9-19(10-8-18)24-22(28)25(2)3/h5*4-6,18-19H,7-16H2,1-3H3,(H,24,28)/i7D2,8D2,9D2,10D2,13D2,14D2,15D2,16D2,18D,19D;2D3,11D2,12D2,13D2,14D2,15D2,16D2;11D2,12D2,13D2,14D2,15D2,16D2;2D3,12D2,13D2,14D2,15D2,16D2;2D3,11D2,13D2,14D2,15D2,16D2. The molecule has 0 unspecified atom stereocenters. The van der Waals surface area contributed by atoms with Gasteiger partial charge in [-0.2, -0.15) is 0 Å². The smallest absolute Gasteiger partial charge is 0.317 e. The third kappa shape index (κ3) is 35.8. The summed E-state index contributed by atoms with van der Waals surface area (Å²) in [5.41, 5.74) is 0.413. The van der Waals surface area contributed by atoms with Crippen molar-refractivity contribution in [3.8, 4) is 0 Å². The second-order valence-corrected chi connectivity index (χ2v) is 36.3. The van der Waals surface area contributed by atoms with Gasteiger partial charge in [0.1, 0.15) is 0 Å². The fourth-order valence-electron chi connectivity index (χ4n) is 14.9. The quantitative estimate of drug-likeness (QED) is 0.0370. The zero-order chi connectivity index (χ0) is 164. The van der Waals surface area contributed by atoms with E-state index >= 15 is 0 Å². The summed E-state index contributed by atoms with van der Waals surface area (Å²) in [7, 11) is 8.81. The van der Waals surface area contributed by atoms with Crippen molar-refractivity contribution in [1.29, 1.82) is 0 Å². The number of aryl methyl sites for hydroxylation is 5. The van der Waals surface area contributed by atoms with Crippen molar-refractivity contribution in [3.63, 3.8) is 0 Å². The van der Waals surface area contributed by atoms with Crippen LogP contribution in [-0.2, 0) is 0 Å². The van der Waals surface area contributed by atoms with Crippen LogP contribution in [-0.4, -0.2) is 342 Å². The Morgan fingerprint density at radius 2 is 0.550 bits per heavy atom. The summed E-state index contributed by atoms with van der Waals surface area (Å²) in [5, 5.41) is 11.6. The molecule has 0 radical (unpaired) electrons. The summed E-state index contributed by atoms with van der Waals surface area (Å²) >= 11 is 31.7. The topological polar surface area (TPSA) is 194 Å². The maximum Gasteiger partial charge on any atom is 0.317 e. The molecule has 30 heteroatoms. The fourth-order valence-corrected chi connectivity index (χ4v) is 15.9. The Bertz CT molecular complexity index is 7960. The highest BCUT2D eigenvalue weighted by atomic mass is 35.5. The minimum Gasteiger partial charge on any atom is -0.368 e. The van der Waals surface area contributed by atoms with E-state index in [0.29, 0.717) is 95.7 Å². The number of nitrogens with zero attached hydrogens (tertiary/aromatic N) is 15. The number of hydrogen-bond acceptors (Lipinski definition) is 15. The monoisotopic (exact) mass is 2100 g/mol. The van der Waals surface area contributed by atoms with Crippen molar-refractivity contribution >= 4 is 117 Å². The van der Waals surface area contributed by atoms with E-state index in [-0.39, 0.29) is 164 Å². The summed E-state index contributed by atoms with van der Waals surface area (Å²) in [4.78, 5) is 66.1. The van der Waals surface area contributed by atoms with Crippen LogP contribution in [0.5, 0.6) is 0 Å². The minimum atomic E-state index is -3.87. The van der Waals surface area contributed by atoms with Gasteiger partial charge in [-0.25, -0.2) is 24.0 Å². The molecule has 5 saturated heterocycles. The Morgan fingerprint density at radius 3 is 0.829 bits per heavy atom. The first kappa shape index (κ1) is 50.4. The van der Waals surface area contributed by atoms with Crippen molar-refractivity contribution in [2.75, 3.05) is 257 Å². The summed E-state index contributed by atoms with van der Waals surface area (Å²) in [6.07, 6.45) is -22.4. The second-order valence-electron chi connectivity index (χ2n) is 34.4. The van der Waals surface area contributed by atoms with E-state index in [4.69, 9.17) is 155 Å². The van der Waals surface area contributed by atoms with Crippen molar-refractivity contribution in [2.24, 2.45) is 29.6 Å². The molecule has 5 aromatic carbocycles. The molecule has 0 atom stereocenters. The van der Waals surface area contributed by atoms with Gasteiger partial charge in [-0.3, -0.25) is 24.5 Å². The SMILES string of the molecule is [2H]C([2H])(C1CCC(NC(=O)N(C)C)CC1)C([2H])([2H])N1C([2H])([2H])C([2H])([2H])N(c2cccc(C)c2Cl)C([2H])([2H])C1([2H])[2H].[2H]C([2H])(CN1C([2H])([2H])C([2H])([2H])N(c2cccc(C)c2Cl)C([2H])([2H])C1([2H])[2H])C1CCC(NC(=O)N(C)C([2H])([2H])[2H])CC1.[2H]C([2H])([2H])N(C)C(=O)NC1CCC(C([2H])([2H])C([2H])([2H])N2C([2H])([2H])C([2H])([2H])N(c3cccc(C)c3Cl)C([2H])([2H])C2([2H])[2H])CC1.[2H]C([2H])([2H])N(C)C(=O)NC1CCC(CC([2H])([2H])N2C([2H])([2H])C([2H])([2H])N(c3cccc(C)c3Cl)C([2H])([2H])C2([2H])[2H])CC1.[2H]C1([2H])N(CCC2([2H])C([2H])([2H])C([2H])([2H])C([2H])(NC(=O)N(C)C)C([2H])([2H])C2([2H])[2H])C([2H])([2H])C([2H])([2H])N(c2cccc(C)c2Cl)C1([2H])[2H]. The van der Waals surface area contributed by atoms with Crippen molar-refractivity contribution in [2.45, 2.75) is 225 Å². The molecule has 5 aromatic rings. The van der Waals surface area contributed by atoms with Crippen LogP contribution in [0.15, 0.2) is 91.0 Å². The zero-order valence-electron chi connectivity index (χ0n) is 151. The van der Waals surface area contributed by atoms with Gasteiger partial charge >= 0.3 is 30.2 Å². The van der Waals surface area contributed by atoms with Gasteiger partial charge in [-0.1, -0.05) is 119 Å². The minimum absolute atomic E-state index is 0.00976. The maximum absolute atomic E-state index is 12.4. The van der Waals surface area contributed by atoms with Crippen LogP contribution in [0.4, 0.5) is 52.4 Å². The highest BCUT2D eigenvalue weighted by Crippen LogP contribution is 2.39. The summed E-state index contributed by atoms with van der Waals surface area (Å²) in [5.74, 6) is -7.01. The second kappa shape index (κ2) is 57.6. The molecular formula is C110H175Cl5N20O5. The van der Waals surface area contributed by atoms with Gasteiger partial charge in [0.2, 0.25) is 0 Å². The lowest BCUT2D eigenvalue weighted by Gasteiger charge is -2.37.